The molecule has 0 bridgehead atoms. The molecule has 2 N–H and O–H groups in total. The lowest BCUT2D eigenvalue weighted by atomic mass is 9.98. The van der Waals surface area contributed by atoms with E-state index in [1.807, 2.05) is 6.07 Å². The summed E-state index contributed by atoms with van der Waals surface area (Å²) >= 11 is 3.37. The van der Waals surface area contributed by atoms with Crippen LogP contribution in [0.15, 0.2) is 28.7 Å². The van der Waals surface area contributed by atoms with Crippen LogP contribution >= 0.6 is 15.9 Å². The number of nitrogens with one attached hydrogen (secondary N) is 1. The number of carbonyl (C=O) groups excluding carboxylic acids is 2. The second kappa shape index (κ2) is 8.66. The summed E-state index contributed by atoms with van der Waals surface area (Å²) in [4.78, 5) is 28.4. The summed E-state index contributed by atoms with van der Waals surface area (Å²) in [6, 6.07) is 7.05. The van der Waals surface area contributed by atoms with Gasteiger partial charge in [-0.1, -0.05) is 28.1 Å². The van der Waals surface area contributed by atoms with Gasteiger partial charge < -0.3 is 14.8 Å². The fraction of sp³-hybridized carbons (Fsp3) is 0.316. The van der Waals surface area contributed by atoms with Gasteiger partial charge in [0.1, 0.15) is 6.61 Å². The second-order valence-corrected chi connectivity index (χ2v) is 7.39. The SMILES string of the molecule is CC(=O)OCCn1nnc(-c2[nH]c(C(C)O)c(C(=O)c3cccc(Br)c3)c2C)n1. The number of ketones is 1. The summed E-state index contributed by atoms with van der Waals surface area (Å²) in [6.45, 7) is 5.04. The quantitative estimate of drug-likeness (QED) is 0.409. The van der Waals surface area contributed by atoms with E-state index in [1.165, 1.54) is 11.7 Å². The Balaban J connectivity index is 1.96. The molecule has 0 saturated carbocycles. The van der Waals surface area contributed by atoms with Crippen molar-refractivity contribution in [2.45, 2.75) is 33.4 Å². The highest BCUT2D eigenvalue weighted by atomic mass is 79.9. The number of aromatic nitrogens is 5. The minimum Gasteiger partial charge on any atom is -0.464 e. The standard InChI is InChI=1S/C19H20BrN5O4/c1-10-15(18(28)13-5-4-6-14(20)9-13)17(11(2)26)21-16(10)19-22-24-25(23-19)7-8-29-12(3)27/h4-6,9,11,21,26H,7-8H2,1-3H3. The van der Waals surface area contributed by atoms with E-state index in [2.05, 4.69) is 36.3 Å². The molecule has 0 aliphatic rings. The van der Waals surface area contributed by atoms with Crippen LogP contribution in [-0.2, 0) is 16.1 Å². The van der Waals surface area contributed by atoms with E-state index in [0.29, 0.717) is 28.1 Å². The summed E-state index contributed by atoms with van der Waals surface area (Å²) < 4.78 is 5.66. The van der Waals surface area contributed by atoms with Gasteiger partial charge in [0.2, 0.25) is 5.82 Å². The van der Waals surface area contributed by atoms with Crippen molar-refractivity contribution >= 4 is 27.7 Å². The monoisotopic (exact) mass is 461 g/mol. The summed E-state index contributed by atoms with van der Waals surface area (Å²) in [6.07, 6.45) is -0.896. The highest BCUT2D eigenvalue weighted by Crippen LogP contribution is 2.31. The van der Waals surface area contributed by atoms with Gasteiger partial charge in [0.25, 0.3) is 0 Å². The van der Waals surface area contributed by atoms with Crippen LogP contribution in [0, 0.1) is 6.92 Å². The number of tetrazole rings is 1. The van der Waals surface area contributed by atoms with Crippen LogP contribution in [0.1, 0.15) is 47.1 Å². The summed E-state index contributed by atoms with van der Waals surface area (Å²) in [7, 11) is 0. The zero-order chi connectivity index (χ0) is 21.1. The first-order chi connectivity index (χ1) is 13.8. The molecule has 0 aliphatic carbocycles. The largest absolute Gasteiger partial charge is 0.464 e. The summed E-state index contributed by atoms with van der Waals surface area (Å²) in [5, 5.41) is 22.4. The Bertz CT molecular complexity index is 1060. The van der Waals surface area contributed by atoms with Gasteiger partial charge in [-0.25, -0.2) is 0 Å². The zero-order valence-corrected chi connectivity index (χ0v) is 17.7. The molecule has 1 atom stereocenters. The minimum absolute atomic E-state index is 0.125. The van der Waals surface area contributed by atoms with Crippen molar-refractivity contribution in [1.29, 1.82) is 0 Å². The molecule has 0 radical (unpaired) electrons. The molecule has 0 saturated heterocycles. The van der Waals surface area contributed by atoms with Gasteiger partial charge in [0, 0.05) is 22.5 Å². The molecule has 0 amide bonds. The van der Waals surface area contributed by atoms with Crippen molar-refractivity contribution in [3.05, 3.63) is 51.1 Å². The molecule has 10 heteroatoms. The van der Waals surface area contributed by atoms with Crippen LogP contribution in [0.25, 0.3) is 11.5 Å². The van der Waals surface area contributed by atoms with E-state index in [9.17, 15) is 14.7 Å². The van der Waals surface area contributed by atoms with Crippen molar-refractivity contribution in [1.82, 2.24) is 25.2 Å². The number of esters is 1. The maximum absolute atomic E-state index is 13.1. The fourth-order valence-corrected chi connectivity index (χ4v) is 3.33. The lowest BCUT2D eigenvalue weighted by molar-refractivity contribution is -0.141. The average Bonchev–Trinajstić information content (AvgIpc) is 3.25. The van der Waals surface area contributed by atoms with E-state index in [4.69, 9.17) is 4.74 Å². The van der Waals surface area contributed by atoms with Gasteiger partial charge in [-0.05, 0) is 36.8 Å². The van der Waals surface area contributed by atoms with Crippen molar-refractivity contribution in [2.24, 2.45) is 0 Å². The normalized spacial score (nSPS) is 12.0. The van der Waals surface area contributed by atoms with Gasteiger partial charge in [-0.2, -0.15) is 4.80 Å². The number of carbonyl (C=O) groups is 2. The van der Waals surface area contributed by atoms with E-state index in [0.717, 1.165) is 4.47 Å². The molecule has 152 valence electrons. The van der Waals surface area contributed by atoms with Crippen molar-refractivity contribution in [3.8, 4) is 11.5 Å². The molecule has 2 heterocycles. The third kappa shape index (κ3) is 4.60. The number of aliphatic hydroxyl groups excluding tert-OH is 1. The number of halogens is 1. The number of rotatable bonds is 7. The Morgan fingerprint density at radius 2 is 2.14 bits per heavy atom. The van der Waals surface area contributed by atoms with E-state index >= 15 is 0 Å². The molecule has 0 fully saturated rings. The Labute approximate surface area is 175 Å². The topological polar surface area (TPSA) is 123 Å². The van der Waals surface area contributed by atoms with Crippen molar-refractivity contribution in [3.63, 3.8) is 0 Å². The molecule has 29 heavy (non-hydrogen) atoms. The number of ether oxygens (including phenoxy) is 1. The van der Waals surface area contributed by atoms with Crippen LogP contribution in [0.5, 0.6) is 0 Å². The van der Waals surface area contributed by atoms with Gasteiger partial charge in [0.05, 0.1) is 24.0 Å². The molecule has 3 rings (SSSR count). The van der Waals surface area contributed by atoms with E-state index < -0.39 is 6.10 Å². The third-order valence-electron chi connectivity index (χ3n) is 4.28. The predicted octanol–water partition coefficient (Wildman–Crippen LogP) is 2.59. The fourth-order valence-electron chi connectivity index (χ4n) is 2.93. The lowest BCUT2D eigenvalue weighted by Crippen LogP contribution is -2.11. The summed E-state index contributed by atoms with van der Waals surface area (Å²) in [5.41, 5.74) is 2.37. The molecule has 9 nitrogen and oxygen atoms in total. The van der Waals surface area contributed by atoms with Gasteiger partial charge in [-0.3, -0.25) is 9.59 Å². The average molecular weight is 462 g/mol. The van der Waals surface area contributed by atoms with Crippen molar-refractivity contribution in [2.75, 3.05) is 6.61 Å². The van der Waals surface area contributed by atoms with Crippen LogP contribution in [-0.4, -0.2) is 48.7 Å². The molecular weight excluding hydrogens is 442 g/mol. The van der Waals surface area contributed by atoms with Crippen LogP contribution in [0.3, 0.4) is 0 Å². The van der Waals surface area contributed by atoms with Gasteiger partial charge in [0.15, 0.2) is 5.78 Å². The molecule has 1 aromatic carbocycles. The predicted molar refractivity (Wildman–Crippen MR) is 107 cm³/mol. The lowest BCUT2D eigenvalue weighted by Gasteiger charge is -2.07. The first-order valence-corrected chi connectivity index (χ1v) is 9.69. The second-order valence-electron chi connectivity index (χ2n) is 6.48. The van der Waals surface area contributed by atoms with Crippen LogP contribution < -0.4 is 0 Å². The maximum atomic E-state index is 13.1. The number of H-pyrrole nitrogens is 1. The first-order valence-electron chi connectivity index (χ1n) is 8.90. The molecule has 0 spiro atoms. The third-order valence-corrected chi connectivity index (χ3v) is 4.78. The Hall–Kier alpha value is -2.85. The Kier molecular flexibility index (Phi) is 6.23. The Morgan fingerprint density at radius 1 is 1.38 bits per heavy atom. The minimum atomic E-state index is -0.896. The summed E-state index contributed by atoms with van der Waals surface area (Å²) in [5.74, 6) is -0.326. The molecule has 0 aliphatic heterocycles. The van der Waals surface area contributed by atoms with E-state index in [-0.39, 0.29) is 30.7 Å². The first kappa shape index (κ1) is 20.9. The number of aliphatic hydroxyl groups is 1. The number of benzene rings is 1. The smallest absolute Gasteiger partial charge is 0.302 e. The maximum Gasteiger partial charge on any atom is 0.302 e. The number of nitrogens with zero attached hydrogens (tertiary/aromatic N) is 4. The van der Waals surface area contributed by atoms with Crippen LogP contribution in [0.4, 0.5) is 0 Å². The molecule has 3 aromatic rings. The number of hydrogen-bond acceptors (Lipinski definition) is 7. The zero-order valence-electron chi connectivity index (χ0n) is 16.1. The van der Waals surface area contributed by atoms with Crippen molar-refractivity contribution < 1.29 is 19.4 Å². The number of hydrogen-bond donors (Lipinski definition) is 2. The Morgan fingerprint density at radius 3 is 2.79 bits per heavy atom. The molecule has 1 unspecified atom stereocenters. The van der Waals surface area contributed by atoms with E-state index in [1.54, 1.807) is 32.0 Å². The molecular formula is C19H20BrN5O4. The number of aromatic amines is 1. The van der Waals surface area contributed by atoms with Gasteiger partial charge >= 0.3 is 5.97 Å². The highest BCUT2D eigenvalue weighted by molar-refractivity contribution is 9.10. The molecule has 2 aromatic heterocycles. The highest BCUT2D eigenvalue weighted by Gasteiger charge is 2.26. The van der Waals surface area contributed by atoms with Crippen LogP contribution in [0.2, 0.25) is 0 Å². The van der Waals surface area contributed by atoms with Gasteiger partial charge in [-0.15, -0.1) is 10.2 Å².